The number of piperidine rings is 1. The Balaban J connectivity index is 1.58. The summed E-state index contributed by atoms with van der Waals surface area (Å²) in [6.07, 6.45) is 3.09. The summed E-state index contributed by atoms with van der Waals surface area (Å²) in [4.78, 5) is 18.9. The average Bonchev–Trinajstić information content (AvgIpc) is 2.96. The minimum absolute atomic E-state index is 0.142. The van der Waals surface area contributed by atoms with Gasteiger partial charge in [0.15, 0.2) is 5.65 Å². The van der Waals surface area contributed by atoms with Gasteiger partial charge in [-0.25, -0.2) is 9.50 Å². The Morgan fingerprint density at radius 2 is 2.23 bits per heavy atom. The van der Waals surface area contributed by atoms with Gasteiger partial charge in [0.2, 0.25) is 0 Å². The number of amides is 1. The number of fused-ring (bicyclic) bond motifs is 1. The van der Waals surface area contributed by atoms with E-state index in [9.17, 15) is 9.90 Å². The lowest BCUT2D eigenvalue weighted by Crippen LogP contribution is -2.41. The number of nitrogens with one attached hydrogen (secondary N) is 1. The zero-order valence-corrected chi connectivity index (χ0v) is 12.7. The molecule has 0 bridgehead atoms. The van der Waals surface area contributed by atoms with Crippen LogP contribution in [0, 0.1) is 6.92 Å². The van der Waals surface area contributed by atoms with Crippen LogP contribution in [0.25, 0.3) is 5.65 Å². The molecule has 1 saturated heterocycles. The Labute approximate surface area is 129 Å². The predicted molar refractivity (Wildman–Crippen MR) is 81.7 cm³/mol. The number of aliphatic hydroxyl groups excluding tert-OH is 1. The third-order valence-electron chi connectivity index (χ3n) is 3.99. The van der Waals surface area contributed by atoms with Crippen LogP contribution in [-0.2, 0) is 0 Å². The van der Waals surface area contributed by atoms with Crippen LogP contribution in [0.3, 0.4) is 0 Å². The van der Waals surface area contributed by atoms with Crippen molar-refractivity contribution in [1.29, 1.82) is 0 Å². The summed E-state index contributed by atoms with van der Waals surface area (Å²) in [7, 11) is 0. The standard InChI is InChI=1S/C15H21N5O2/c1-11-10-13(20-14(18-11)2-5-17-20)15(22)16-6-9-19-7-3-12(21)4-8-19/h2,5,10,12,21H,3-4,6-9H2,1H3,(H,16,22). The molecule has 3 rings (SSSR count). The van der Waals surface area contributed by atoms with Gasteiger partial charge >= 0.3 is 0 Å². The van der Waals surface area contributed by atoms with Crippen molar-refractivity contribution in [2.24, 2.45) is 0 Å². The summed E-state index contributed by atoms with van der Waals surface area (Å²) in [5, 5.41) is 16.6. The van der Waals surface area contributed by atoms with E-state index < -0.39 is 0 Å². The van der Waals surface area contributed by atoms with Gasteiger partial charge in [-0.1, -0.05) is 0 Å². The first kappa shape index (κ1) is 14.9. The van der Waals surface area contributed by atoms with Crippen LogP contribution < -0.4 is 5.32 Å². The second-order valence-corrected chi connectivity index (χ2v) is 5.71. The number of carbonyl (C=O) groups is 1. The highest BCUT2D eigenvalue weighted by atomic mass is 16.3. The molecule has 0 saturated carbocycles. The van der Waals surface area contributed by atoms with Crippen molar-refractivity contribution in [3.05, 3.63) is 29.7 Å². The highest BCUT2D eigenvalue weighted by Gasteiger charge is 2.17. The molecule has 22 heavy (non-hydrogen) atoms. The monoisotopic (exact) mass is 303 g/mol. The molecule has 2 aromatic heterocycles. The smallest absolute Gasteiger partial charge is 0.270 e. The Hall–Kier alpha value is -1.99. The molecular weight excluding hydrogens is 282 g/mol. The number of nitrogens with zero attached hydrogens (tertiary/aromatic N) is 4. The Morgan fingerprint density at radius 3 is 3.00 bits per heavy atom. The fraction of sp³-hybridized carbons (Fsp3) is 0.533. The quantitative estimate of drug-likeness (QED) is 0.844. The largest absolute Gasteiger partial charge is 0.393 e. The molecule has 0 aromatic carbocycles. The molecule has 1 aliphatic rings. The summed E-state index contributed by atoms with van der Waals surface area (Å²) in [6.45, 7) is 5.01. The third-order valence-corrected chi connectivity index (χ3v) is 3.99. The molecule has 0 unspecified atom stereocenters. The molecule has 7 nitrogen and oxygen atoms in total. The maximum atomic E-state index is 12.3. The van der Waals surface area contributed by atoms with Crippen LogP contribution in [0.4, 0.5) is 0 Å². The molecule has 1 fully saturated rings. The predicted octanol–water partition coefficient (Wildman–Crippen LogP) is 0.224. The van der Waals surface area contributed by atoms with E-state index in [-0.39, 0.29) is 12.0 Å². The van der Waals surface area contributed by atoms with E-state index in [0.717, 1.165) is 38.2 Å². The minimum Gasteiger partial charge on any atom is -0.393 e. The zero-order valence-electron chi connectivity index (χ0n) is 12.7. The van der Waals surface area contributed by atoms with E-state index in [1.54, 1.807) is 22.8 Å². The first-order valence-electron chi connectivity index (χ1n) is 7.63. The normalized spacial score (nSPS) is 17.0. The van der Waals surface area contributed by atoms with Crippen LogP contribution in [-0.4, -0.2) is 62.8 Å². The van der Waals surface area contributed by atoms with Crippen LogP contribution in [0.1, 0.15) is 29.0 Å². The fourth-order valence-electron chi connectivity index (χ4n) is 2.76. The number of aryl methyl sites for hydroxylation is 1. The maximum Gasteiger partial charge on any atom is 0.270 e. The van der Waals surface area contributed by atoms with E-state index in [0.29, 0.717) is 17.9 Å². The number of aliphatic hydroxyl groups is 1. The molecule has 3 heterocycles. The second-order valence-electron chi connectivity index (χ2n) is 5.71. The number of rotatable bonds is 4. The number of likely N-dealkylation sites (tertiary alicyclic amines) is 1. The summed E-state index contributed by atoms with van der Waals surface area (Å²) in [5.41, 5.74) is 1.97. The Bertz CT molecular complexity index is 661. The van der Waals surface area contributed by atoms with Crippen molar-refractivity contribution in [3.8, 4) is 0 Å². The van der Waals surface area contributed by atoms with E-state index >= 15 is 0 Å². The molecule has 7 heteroatoms. The fourth-order valence-corrected chi connectivity index (χ4v) is 2.76. The Morgan fingerprint density at radius 1 is 1.45 bits per heavy atom. The van der Waals surface area contributed by atoms with Gasteiger partial charge in [-0.15, -0.1) is 0 Å². The molecule has 1 amide bonds. The maximum absolute atomic E-state index is 12.3. The lowest BCUT2D eigenvalue weighted by molar-refractivity contribution is 0.0803. The van der Waals surface area contributed by atoms with Crippen molar-refractivity contribution >= 4 is 11.6 Å². The van der Waals surface area contributed by atoms with Gasteiger partial charge in [0, 0.05) is 37.9 Å². The number of carbonyl (C=O) groups excluding carboxylic acids is 1. The van der Waals surface area contributed by atoms with Gasteiger partial charge in [0.25, 0.3) is 5.91 Å². The molecule has 0 aliphatic carbocycles. The first-order valence-corrected chi connectivity index (χ1v) is 7.63. The van der Waals surface area contributed by atoms with Crippen LogP contribution in [0.5, 0.6) is 0 Å². The summed E-state index contributed by atoms with van der Waals surface area (Å²) in [5.74, 6) is -0.142. The number of aromatic nitrogens is 3. The third kappa shape index (κ3) is 3.26. The van der Waals surface area contributed by atoms with Gasteiger partial charge < -0.3 is 15.3 Å². The molecule has 118 valence electrons. The summed E-state index contributed by atoms with van der Waals surface area (Å²) in [6, 6.07) is 3.52. The van der Waals surface area contributed by atoms with Gasteiger partial charge in [-0.3, -0.25) is 4.79 Å². The number of hydrogen-bond acceptors (Lipinski definition) is 5. The summed E-state index contributed by atoms with van der Waals surface area (Å²) >= 11 is 0. The zero-order chi connectivity index (χ0) is 15.5. The molecule has 0 radical (unpaired) electrons. The van der Waals surface area contributed by atoms with Crippen LogP contribution >= 0.6 is 0 Å². The molecular formula is C15H21N5O2. The van der Waals surface area contributed by atoms with Gasteiger partial charge in [-0.05, 0) is 25.8 Å². The molecule has 0 spiro atoms. The van der Waals surface area contributed by atoms with Crippen molar-refractivity contribution in [1.82, 2.24) is 24.8 Å². The van der Waals surface area contributed by atoms with Crippen molar-refractivity contribution in [2.75, 3.05) is 26.2 Å². The van der Waals surface area contributed by atoms with E-state index in [2.05, 4.69) is 20.3 Å². The highest BCUT2D eigenvalue weighted by Crippen LogP contribution is 2.09. The van der Waals surface area contributed by atoms with Gasteiger partial charge in [-0.2, -0.15) is 5.10 Å². The van der Waals surface area contributed by atoms with Crippen molar-refractivity contribution < 1.29 is 9.90 Å². The first-order chi connectivity index (χ1) is 10.6. The topological polar surface area (TPSA) is 82.8 Å². The van der Waals surface area contributed by atoms with E-state index in [4.69, 9.17) is 0 Å². The van der Waals surface area contributed by atoms with Gasteiger partial charge in [0.1, 0.15) is 5.69 Å². The molecule has 2 N–H and O–H groups in total. The van der Waals surface area contributed by atoms with Crippen LogP contribution in [0.15, 0.2) is 18.3 Å². The summed E-state index contributed by atoms with van der Waals surface area (Å²) < 4.78 is 1.56. The molecule has 2 aromatic rings. The SMILES string of the molecule is Cc1cc(C(=O)NCCN2CCC(O)CC2)n2nccc2n1. The highest BCUT2D eigenvalue weighted by molar-refractivity contribution is 5.93. The lowest BCUT2D eigenvalue weighted by atomic mass is 10.1. The number of hydrogen-bond donors (Lipinski definition) is 2. The van der Waals surface area contributed by atoms with E-state index in [1.807, 2.05) is 6.92 Å². The lowest BCUT2D eigenvalue weighted by Gasteiger charge is -2.29. The van der Waals surface area contributed by atoms with Crippen LogP contribution in [0.2, 0.25) is 0 Å². The van der Waals surface area contributed by atoms with Gasteiger partial charge in [0.05, 0.1) is 12.3 Å². The molecule has 0 atom stereocenters. The Kier molecular flexibility index (Phi) is 4.35. The minimum atomic E-state index is -0.168. The molecule has 1 aliphatic heterocycles. The average molecular weight is 303 g/mol. The van der Waals surface area contributed by atoms with Crippen molar-refractivity contribution in [3.63, 3.8) is 0 Å². The second kappa shape index (κ2) is 6.41. The van der Waals surface area contributed by atoms with E-state index in [1.165, 1.54) is 0 Å². The van der Waals surface area contributed by atoms with Crippen molar-refractivity contribution in [2.45, 2.75) is 25.9 Å².